The number of hydrogen-bond donors (Lipinski definition) is 0. The minimum atomic E-state index is 1.11. The standard InChI is InChI=1S/C9H10N2.C2H6/c1-7-8(2)10-11-6-4-3-5-9(7)11;1-2/h3-6H,1-2H3;1-2H3. The maximum atomic E-state index is 4.33. The van der Waals surface area contributed by atoms with E-state index in [-0.39, 0.29) is 0 Å². The molecule has 0 aliphatic carbocycles. The highest BCUT2D eigenvalue weighted by Gasteiger charge is 2.01. The van der Waals surface area contributed by atoms with Gasteiger partial charge in [0.15, 0.2) is 0 Å². The van der Waals surface area contributed by atoms with E-state index in [1.807, 2.05) is 43.6 Å². The summed E-state index contributed by atoms with van der Waals surface area (Å²) in [5.74, 6) is 0. The number of rotatable bonds is 0. The highest BCUT2D eigenvalue weighted by Crippen LogP contribution is 2.12. The molecule has 0 aliphatic rings. The van der Waals surface area contributed by atoms with E-state index in [1.165, 1.54) is 11.1 Å². The molecule has 0 aromatic carbocycles. The Morgan fingerprint density at radius 1 is 1.15 bits per heavy atom. The molecule has 2 heterocycles. The smallest absolute Gasteiger partial charge is 0.0693 e. The number of aromatic nitrogens is 2. The summed E-state index contributed by atoms with van der Waals surface area (Å²) in [5.41, 5.74) is 3.58. The van der Waals surface area contributed by atoms with Crippen molar-refractivity contribution in [2.45, 2.75) is 27.7 Å². The third-order valence-electron chi connectivity index (χ3n) is 2.02. The summed E-state index contributed by atoms with van der Waals surface area (Å²) >= 11 is 0. The van der Waals surface area contributed by atoms with Crippen molar-refractivity contribution in [3.63, 3.8) is 0 Å². The minimum absolute atomic E-state index is 1.11. The van der Waals surface area contributed by atoms with Crippen LogP contribution in [0.15, 0.2) is 24.4 Å². The lowest BCUT2D eigenvalue weighted by atomic mass is 10.2. The Morgan fingerprint density at radius 2 is 1.85 bits per heavy atom. The van der Waals surface area contributed by atoms with Gasteiger partial charge in [-0.25, -0.2) is 4.52 Å². The molecule has 70 valence electrons. The number of nitrogens with zero attached hydrogens (tertiary/aromatic N) is 2. The van der Waals surface area contributed by atoms with Crippen molar-refractivity contribution < 1.29 is 0 Å². The molecule has 0 fully saturated rings. The van der Waals surface area contributed by atoms with E-state index in [0.29, 0.717) is 0 Å². The van der Waals surface area contributed by atoms with Crippen molar-refractivity contribution in [3.8, 4) is 0 Å². The molecule has 0 spiro atoms. The van der Waals surface area contributed by atoms with Crippen LogP contribution < -0.4 is 0 Å². The molecule has 2 aromatic rings. The Kier molecular flexibility index (Phi) is 3.07. The van der Waals surface area contributed by atoms with Gasteiger partial charge in [-0.05, 0) is 31.5 Å². The molecule has 0 aliphatic heterocycles. The van der Waals surface area contributed by atoms with Gasteiger partial charge in [-0.1, -0.05) is 19.9 Å². The van der Waals surface area contributed by atoms with E-state index in [9.17, 15) is 0 Å². The average Bonchev–Trinajstić information content (AvgIpc) is 2.47. The Balaban J connectivity index is 0.000000396. The van der Waals surface area contributed by atoms with Crippen LogP contribution in [0.2, 0.25) is 0 Å². The topological polar surface area (TPSA) is 17.3 Å². The summed E-state index contributed by atoms with van der Waals surface area (Å²) in [6.07, 6.45) is 1.97. The first kappa shape index (κ1) is 9.78. The monoisotopic (exact) mass is 176 g/mol. The Labute approximate surface area is 79.2 Å². The molecule has 2 nitrogen and oxygen atoms in total. The van der Waals surface area contributed by atoms with Crippen LogP contribution in [0.4, 0.5) is 0 Å². The number of aryl methyl sites for hydroxylation is 2. The van der Waals surface area contributed by atoms with Crippen LogP contribution in [0.1, 0.15) is 25.1 Å². The molecule has 0 saturated carbocycles. The first-order valence-electron chi connectivity index (χ1n) is 4.69. The summed E-state index contributed by atoms with van der Waals surface area (Å²) in [6, 6.07) is 6.09. The zero-order valence-electron chi connectivity index (χ0n) is 8.70. The van der Waals surface area contributed by atoms with Gasteiger partial charge >= 0.3 is 0 Å². The van der Waals surface area contributed by atoms with Gasteiger partial charge in [0, 0.05) is 6.20 Å². The highest BCUT2D eigenvalue weighted by molar-refractivity contribution is 5.55. The molecule has 0 saturated heterocycles. The molecule has 2 heteroatoms. The van der Waals surface area contributed by atoms with Gasteiger partial charge in [0.25, 0.3) is 0 Å². The lowest BCUT2D eigenvalue weighted by molar-refractivity contribution is 0.933. The molecule has 13 heavy (non-hydrogen) atoms. The number of hydrogen-bond acceptors (Lipinski definition) is 1. The van der Waals surface area contributed by atoms with Crippen molar-refractivity contribution in [2.75, 3.05) is 0 Å². The Hall–Kier alpha value is -1.31. The maximum Gasteiger partial charge on any atom is 0.0693 e. The molecular formula is C11H16N2. The second-order valence-corrected chi connectivity index (χ2v) is 2.74. The molecule has 0 bridgehead atoms. The summed E-state index contributed by atoms with van der Waals surface area (Å²) in [4.78, 5) is 0. The fourth-order valence-electron chi connectivity index (χ4n) is 1.24. The van der Waals surface area contributed by atoms with Gasteiger partial charge < -0.3 is 0 Å². The van der Waals surface area contributed by atoms with Gasteiger partial charge in [0.2, 0.25) is 0 Å². The first-order valence-corrected chi connectivity index (χ1v) is 4.69. The SMILES string of the molecule is CC.Cc1nn2ccccc2c1C. The van der Waals surface area contributed by atoms with Crippen LogP contribution in [0, 0.1) is 13.8 Å². The molecule has 0 N–H and O–H groups in total. The average molecular weight is 176 g/mol. The molecule has 0 radical (unpaired) electrons. The second-order valence-electron chi connectivity index (χ2n) is 2.74. The Morgan fingerprint density at radius 3 is 2.46 bits per heavy atom. The predicted molar refractivity (Wildman–Crippen MR) is 56.0 cm³/mol. The van der Waals surface area contributed by atoms with E-state index in [2.05, 4.69) is 18.1 Å². The molecule has 2 aromatic heterocycles. The molecular weight excluding hydrogens is 160 g/mol. The predicted octanol–water partition coefficient (Wildman–Crippen LogP) is 2.98. The normalized spacial score (nSPS) is 9.54. The lowest BCUT2D eigenvalue weighted by Crippen LogP contribution is -1.83. The zero-order chi connectivity index (χ0) is 9.84. The summed E-state index contributed by atoms with van der Waals surface area (Å²) in [5, 5.41) is 4.33. The third kappa shape index (κ3) is 1.72. The number of pyridine rings is 1. The molecule has 0 unspecified atom stereocenters. The van der Waals surface area contributed by atoms with Gasteiger partial charge in [-0.15, -0.1) is 0 Å². The fraction of sp³-hybridized carbons (Fsp3) is 0.364. The summed E-state index contributed by atoms with van der Waals surface area (Å²) in [6.45, 7) is 8.12. The van der Waals surface area contributed by atoms with E-state index >= 15 is 0 Å². The quantitative estimate of drug-likeness (QED) is 0.603. The first-order chi connectivity index (χ1) is 6.29. The largest absolute Gasteiger partial charge is 0.240 e. The van der Waals surface area contributed by atoms with Crippen LogP contribution >= 0.6 is 0 Å². The van der Waals surface area contributed by atoms with Gasteiger partial charge in [0.05, 0.1) is 11.2 Å². The highest BCUT2D eigenvalue weighted by atomic mass is 15.2. The van der Waals surface area contributed by atoms with Crippen molar-refractivity contribution in [1.29, 1.82) is 0 Å². The van der Waals surface area contributed by atoms with Crippen LogP contribution in [0.25, 0.3) is 5.52 Å². The van der Waals surface area contributed by atoms with Crippen LogP contribution in [-0.4, -0.2) is 9.61 Å². The zero-order valence-corrected chi connectivity index (χ0v) is 8.70. The summed E-state index contributed by atoms with van der Waals surface area (Å²) in [7, 11) is 0. The van der Waals surface area contributed by atoms with Crippen molar-refractivity contribution >= 4 is 5.52 Å². The molecule has 0 amide bonds. The van der Waals surface area contributed by atoms with Gasteiger partial charge in [-0.2, -0.15) is 5.10 Å². The van der Waals surface area contributed by atoms with Crippen LogP contribution in [0.5, 0.6) is 0 Å². The van der Waals surface area contributed by atoms with Gasteiger partial charge in [0.1, 0.15) is 0 Å². The fourth-order valence-corrected chi connectivity index (χ4v) is 1.24. The van der Waals surface area contributed by atoms with Gasteiger partial charge in [-0.3, -0.25) is 0 Å². The third-order valence-corrected chi connectivity index (χ3v) is 2.02. The van der Waals surface area contributed by atoms with Crippen LogP contribution in [-0.2, 0) is 0 Å². The molecule has 2 rings (SSSR count). The van der Waals surface area contributed by atoms with E-state index in [4.69, 9.17) is 0 Å². The lowest BCUT2D eigenvalue weighted by Gasteiger charge is -1.89. The minimum Gasteiger partial charge on any atom is -0.240 e. The van der Waals surface area contributed by atoms with Crippen molar-refractivity contribution in [3.05, 3.63) is 35.7 Å². The van der Waals surface area contributed by atoms with E-state index < -0.39 is 0 Å². The van der Waals surface area contributed by atoms with Crippen molar-refractivity contribution in [2.24, 2.45) is 0 Å². The van der Waals surface area contributed by atoms with E-state index in [0.717, 1.165) is 5.69 Å². The maximum absolute atomic E-state index is 4.33. The van der Waals surface area contributed by atoms with Crippen LogP contribution in [0.3, 0.4) is 0 Å². The second kappa shape index (κ2) is 4.08. The summed E-state index contributed by atoms with van der Waals surface area (Å²) < 4.78 is 1.91. The Bertz CT molecular complexity index is 388. The number of fused-ring (bicyclic) bond motifs is 1. The van der Waals surface area contributed by atoms with E-state index in [1.54, 1.807) is 0 Å². The van der Waals surface area contributed by atoms with Crippen molar-refractivity contribution in [1.82, 2.24) is 9.61 Å². The molecule has 0 atom stereocenters.